The molecular weight excluding hydrogens is 299 g/mol. The molecule has 2 N–H and O–H groups in total. The van der Waals surface area contributed by atoms with Gasteiger partial charge in [-0.25, -0.2) is 0 Å². The summed E-state index contributed by atoms with van der Waals surface area (Å²) in [6, 6.07) is 0. The van der Waals surface area contributed by atoms with Crippen LogP contribution in [0.25, 0.3) is 0 Å². The first kappa shape index (κ1) is 16.6. The topological polar surface area (TPSA) is 63.5 Å². The molecule has 1 aromatic rings. The van der Waals surface area contributed by atoms with Crippen molar-refractivity contribution in [2.45, 2.75) is 31.7 Å². The fourth-order valence-corrected chi connectivity index (χ4v) is 2.32. The number of rotatable bonds is 4. The van der Waals surface area contributed by atoms with Crippen molar-refractivity contribution in [3.63, 3.8) is 0 Å². The van der Waals surface area contributed by atoms with Crippen LogP contribution in [0.1, 0.15) is 24.1 Å². The van der Waals surface area contributed by atoms with E-state index in [0.29, 0.717) is 12.5 Å². The predicted octanol–water partition coefficient (Wildman–Crippen LogP) is 1.28. The number of halogens is 3. The number of nitrogens with zero attached hydrogens (tertiary/aromatic N) is 3. The zero-order valence-electron chi connectivity index (χ0n) is 12.6. The maximum atomic E-state index is 12.9. The zero-order chi connectivity index (χ0) is 16.2. The van der Waals surface area contributed by atoms with Gasteiger partial charge < -0.3 is 15.4 Å². The number of aliphatic imine (C=N–C) groups is 1. The molecule has 1 fully saturated rings. The van der Waals surface area contributed by atoms with Crippen LogP contribution >= 0.6 is 0 Å². The van der Waals surface area contributed by atoms with Gasteiger partial charge in [-0.05, 0) is 12.8 Å². The third-order valence-electron chi connectivity index (χ3n) is 3.36. The van der Waals surface area contributed by atoms with Crippen LogP contribution in [0, 0.1) is 0 Å². The highest BCUT2D eigenvalue weighted by atomic mass is 19.4. The molecule has 0 radical (unpaired) electrons. The monoisotopic (exact) mass is 319 g/mol. The van der Waals surface area contributed by atoms with Gasteiger partial charge in [0.25, 0.3) is 0 Å². The van der Waals surface area contributed by atoms with Gasteiger partial charge >= 0.3 is 6.18 Å². The fraction of sp³-hybridized carbons (Fsp3) is 0.692. The maximum absolute atomic E-state index is 12.9. The summed E-state index contributed by atoms with van der Waals surface area (Å²) < 4.78 is 45.2. The summed E-state index contributed by atoms with van der Waals surface area (Å²) >= 11 is 0. The number of aromatic nitrogens is 2. The van der Waals surface area contributed by atoms with Gasteiger partial charge in [-0.1, -0.05) is 0 Å². The third kappa shape index (κ3) is 4.36. The lowest BCUT2D eigenvalue weighted by atomic mass is 10.2. The Balaban J connectivity index is 1.90. The van der Waals surface area contributed by atoms with Crippen molar-refractivity contribution in [3.8, 4) is 0 Å². The fourth-order valence-electron chi connectivity index (χ4n) is 2.32. The minimum Gasteiger partial charge on any atom is -0.376 e. The molecule has 0 aromatic carbocycles. The van der Waals surface area contributed by atoms with Gasteiger partial charge in [0.1, 0.15) is 0 Å². The van der Waals surface area contributed by atoms with E-state index in [1.54, 1.807) is 7.05 Å². The smallest absolute Gasteiger partial charge is 0.376 e. The van der Waals surface area contributed by atoms with Gasteiger partial charge in [0.05, 0.1) is 6.10 Å². The molecule has 2 heterocycles. The van der Waals surface area contributed by atoms with E-state index < -0.39 is 11.9 Å². The maximum Gasteiger partial charge on any atom is 0.435 e. The number of nitrogens with one attached hydrogen (secondary N) is 2. The minimum atomic E-state index is -4.47. The van der Waals surface area contributed by atoms with Crippen molar-refractivity contribution >= 4 is 5.96 Å². The molecule has 0 spiro atoms. The lowest BCUT2D eigenvalue weighted by Gasteiger charge is -2.15. The van der Waals surface area contributed by atoms with Crippen molar-refractivity contribution in [1.82, 2.24) is 20.4 Å². The van der Waals surface area contributed by atoms with Crippen LogP contribution < -0.4 is 10.6 Å². The van der Waals surface area contributed by atoms with E-state index in [1.165, 1.54) is 13.2 Å². The van der Waals surface area contributed by atoms with Crippen LogP contribution in [0.2, 0.25) is 0 Å². The van der Waals surface area contributed by atoms with Crippen molar-refractivity contribution < 1.29 is 17.9 Å². The highest BCUT2D eigenvalue weighted by molar-refractivity contribution is 5.79. The van der Waals surface area contributed by atoms with E-state index in [1.807, 2.05) is 0 Å². The molecule has 0 bridgehead atoms. The van der Waals surface area contributed by atoms with E-state index in [4.69, 9.17) is 4.74 Å². The summed E-state index contributed by atoms with van der Waals surface area (Å²) in [4.78, 5) is 3.99. The van der Waals surface area contributed by atoms with E-state index in [-0.39, 0.29) is 18.2 Å². The average molecular weight is 319 g/mol. The molecule has 6 nitrogen and oxygen atoms in total. The predicted molar refractivity (Wildman–Crippen MR) is 75.4 cm³/mol. The van der Waals surface area contributed by atoms with Crippen LogP contribution in [0.4, 0.5) is 13.2 Å². The SMILES string of the molecule is CN=C(NCc1cn(C)nc1C(F)(F)F)NCC1CCCO1. The Morgan fingerprint density at radius 3 is 2.86 bits per heavy atom. The highest BCUT2D eigenvalue weighted by Crippen LogP contribution is 2.30. The molecule has 2 rings (SSSR count). The Hall–Kier alpha value is -1.77. The van der Waals surface area contributed by atoms with E-state index in [0.717, 1.165) is 24.1 Å². The molecule has 1 aliphatic rings. The second kappa shape index (κ2) is 6.99. The zero-order valence-corrected chi connectivity index (χ0v) is 12.6. The van der Waals surface area contributed by atoms with Crippen molar-refractivity contribution in [2.75, 3.05) is 20.2 Å². The van der Waals surface area contributed by atoms with Gasteiger partial charge in [0, 0.05) is 45.6 Å². The van der Waals surface area contributed by atoms with Gasteiger partial charge in [0.2, 0.25) is 0 Å². The second-order valence-electron chi connectivity index (χ2n) is 5.12. The quantitative estimate of drug-likeness (QED) is 0.648. The van der Waals surface area contributed by atoms with E-state index in [2.05, 4.69) is 20.7 Å². The number of alkyl halides is 3. The minimum absolute atomic E-state index is 0.00607. The van der Waals surface area contributed by atoms with Crippen molar-refractivity contribution in [1.29, 1.82) is 0 Å². The molecule has 9 heteroatoms. The lowest BCUT2D eigenvalue weighted by molar-refractivity contribution is -0.142. The van der Waals surface area contributed by atoms with Crippen molar-refractivity contribution in [2.24, 2.45) is 12.0 Å². The lowest BCUT2D eigenvalue weighted by Crippen LogP contribution is -2.40. The number of hydrogen-bond donors (Lipinski definition) is 2. The summed E-state index contributed by atoms with van der Waals surface area (Å²) in [6.07, 6.45) is -0.980. The molecule has 124 valence electrons. The first-order chi connectivity index (χ1) is 10.4. The van der Waals surface area contributed by atoms with Crippen molar-refractivity contribution in [3.05, 3.63) is 17.5 Å². The number of hydrogen-bond acceptors (Lipinski definition) is 3. The van der Waals surface area contributed by atoms with Gasteiger partial charge in [-0.3, -0.25) is 9.67 Å². The molecule has 1 saturated heterocycles. The summed E-state index contributed by atoms with van der Waals surface area (Å²) in [5.41, 5.74) is -0.799. The Kier molecular flexibility index (Phi) is 5.28. The third-order valence-corrected chi connectivity index (χ3v) is 3.36. The number of aryl methyl sites for hydroxylation is 1. The average Bonchev–Trinajstić information content (AvgIpc) is 3.07. The van der Waals surface area contributed by atoms with Gasteiger partial charge in [0.15, 0.2) is 11.7 Å². The standard InChI is InChI=1S/C13H20F3N5O/c1-17-12(19-7-10-4-3-5-22-10)18-6-9-8-21(2)20-11(9)13(14,15)16/h8,10H,3-7H2,1-2H3,(H2,17,18,19). The first-order valence-electron chi connectivity index (χ1n) is 7.06. The molecule has 1 atom stereocenters. The summed E-state index contributed by atoms with van der Waals surface area (Å²) in [7, 11) is 3.03. The molecular formula is C13H20F3N5O. The summed E-state index contributed by atoms with van der Waals surface area (Å²) in [6.45, 7) is 1.33. The largest absolute Gasteiger partial charge is 0.435 e. The van der Waals surface area contributed by atoms with Crippen LogP contribution in [0.15, 0.2) is 11.2 Å². The number of ether oxygens (including phenoxy) is 1. The Labute approximate surface area is 126 Å². The van der Waals surface area contributed by atoms with E-state index >= 15 is 0 Å². The molecule has 1 unspecified atom stereocenters. The van der Waals surface area contributed by atoms with Gasteiger partial charge in [-0.2, -0.15) is 18.3 Å². The summed E-state index contributed by atoms with van der Waals surface area (Å²) in [5.74, 6) is 0.437. The molecule has 0 saturated carbocycles. The van der Waals surface area contributed by atoms with Crippen LogP contribution in [-0.2, 0) is 24.5 Å². The first-order valence-corrected chi connectivity index (χ1v) is 7.06. The summed E-state index contributed by atoms with van der Waals surface area (Å²) in [5, 5.41) is 9.38. The Bertz CT molecular complexity index is 520. The normalized spacial score (nSPS) is 19.5. The van der Waals surface area contributed by atoms with Crippen LogP contribution in [0.3, 0.4) is 0 Å². The molecule has 0 aliphatic carbocycles. The highest BCUT2D eigenvalue weighted by Gasteiger charge is 2.36. The molecule has 1 aliphatic heterocycles. The van der Waals surface area contributed by atoms with Gasteiger partial charge in [-0.15, -0.1) is 0 Å². The molecule has 22 heavy (non-hydrogen) atoms. The Morgan fingerprint density at radius 2 is 2.27 bits per heavy atom. The van der Waals surface area contributed by atoms with E-state index in [9.17, 15) is 13.2 Å². The Morgan fingerprint density at radius 1 is 1.50 bits per heavy atom. The van der Waals surface area contributed by atoms with Crippen LogP contribution in [-0.4, -0.2) is 42.0 Å². The van der Waals surface area contributed by atoms with Crippen LogP contribution in [0.5, 0.6) is 0 Å². The second-order valence-corrected chi connectivity index (χ2v) is 5.12. The molecule has 0 amide bonds. The molecule has 1 aromatic heterocycles. The number of guanidine groups is 1.